The van der Waals surface area contributed by atoms with Gasteiger partial charge in [0.1, 0.15) is 0 Å². The van der Waals surface area contributed by atoms with Crippen molar-refractivity contribution in [2.75, 3.05) is 19.6 Å². The van der Waals surface area contributed by atoms with Crippen LogP contribution in [0.15, 0.2) is 0 Å². The van der Waals surface area contributed by atoms with Gasteiger partial charge >= 0.3 is 5.97 Å². The molecule has 1 saturated heterocycles. The highest BCUT2D eigenvalue weighted by Crippen LogP contribution is 2.24. The van der Waals surface area contributed by atoms with Crippen LogP contribution in [0.2, 0.25) is 0 Å². The summed E-state index contributed by atoms with van der Waals surface area (Å²) in [4.78, 5) is 25.0. The van der Waals surface area contributed by atoms with Crippen molar-refractivity contribution < 1.29 is 14.7 Å². The third kappa shape index (κ3) is 6.37. The lowest BCUT2D eigenvalue weighted by Crippen LogP contribution is -2.45. The molecule has 0 saturated carbocycles. The van der Waals surface area contributed by atoms with Crippen molar-refractivity contribution in [3.63, 3.8) is 0 Å². The molecule has 5 nitrogen and oxygen atoms in total. The number of aliphatic carboxylic acids is 1. The Morgan fingerprint density at radius 1 is 1.20 bits per heavy atom. The summed E-state index contributed by atoms with van der Waals surface area (Å²) in [5.74, 6) is -0.912. The summed E-state index contributed by atoms with van der Waals surface area (Å²) in [6, 6.07) is 0.349. The summed E-state index contributed by atoms with van der Waals surface area (Å²) in [6.07, 6.45) is 4.06. The number of carbonyl (C=O) groups excluding carboxylic acids is 1. The fourth-order valence-corrected chi connectivity index (χ4v) is 2.72. The van der Waals surface area contributed by atoms with Crippen molar-refractivity contribution in [3.05, 3.63) is 0 Å². The Kier molecular flexibility index (Phi) is 6.46. The second-order valence-corrected chi connectivity index (χ2v) is 6.66. The highest BCUT2D eigenvalue weighted by atomic mass is 16.4. The number of nitrogens with one attached hydrogen (secondary N) is 1. The number of nitrogens with zero attached hydrogens (tertiary/aromatic N) is 1. The van der Waals surface area contributed by atoms with E-state index in [-0.39, 0.29) is 18.7 Å². The van der Waals surface area contributed by atoms with Crippen molar-refractivity contribution in [1.29, 1.82) is 0 Å². The number of piperidine rings is 1. The van der Waals surface area contributed by atoms with Gasteiger partial charge < -0.3 is 10.4 Å². The molecule has 1 rings (SSSR count). The van der Waals surface area contributed by atoms with E-state index in [4.69, 9.17) is 5.11 Å². The maximum Gasteiger partial charge on any atom is 0.303 e. The molecule has 5 heteroatoms. The average Bonchev–Trinajstić information content (AvgIpc) is 2.34. The zero-order valence-corrected chi connectivity index (χ0v) is 12.9. The van der Waals surface area contributed by atoms with E-state index in [2.05, 4.69) is 17.1 Å². The average molecular weight is 284 g/mol. The molecule has 116 valence electrons. The van der Waals surface area contributed by atoms with Crippen molar-refractivity contribution in [1.82, 2.24) is 10.2 Å². The zero-order valence-electron chi connectivity index (χ0n) is 12.9. The molecule has 1 unspecified atom stereocenters. The number of carboxylic acids is 1. The molecule has 1 amide bonds. The number of carboxylic acid groups (broad SMARTS) is 1. The Hall–Kier alpha value is -1.10. The predicted molar refractivity (Wildman–Crippen MR) is 78.5 cm³/mol. The Morgan fingerprint density at radius 2 is 1.80 bits per heavy atom. The lowest BCUT2D eigenvalue weighted by molar-refractivity contribution is -0.139. The van der Waals surface area contributed by atoms with Gasteiger partial charge in [0.2, 0.25) is 5.91 Å². The van der Waals surface area contributed by atoms with Crippen LogP contribution in [-0.4, -0.2) is 47.6 Å². The molecule has 0 aromatic carbocycles. The summed E-state index contributed by atoms with van der Waals surface area (Å²) in [5.41, 5.74) is -0.496. The highest BCUT2D eigenvalue weighted by Gasteiger charge is 2.25. The van der Waals surface area contributed by atoms with Crippen LogP contribution >= 0.6 is 0 Å². The molecule has 0 spiro atoms. The van der Waals surface area contributed by atoms with E-state index in [0.717, 1.165) is 13.1 Å². The quantitative estimate of drug-likeness (QED) is 0.749. The molecule has 1 aliphatic rings. The van der Waals surface area contributed by atoms with Gasteiger partial charge in [-0.3, -0.25) is 14.5 Å². The number of rotatable bonds is 7. The molecule has 0 aliphatic carbocycles. The van der Waals surface area contributed by atoms with Crippen LogP contribution in [-0.2, 0) is 9.59 Å². The van der Waals surface area contributed by atoms with E-state index in [0.29, 0.717) is 12.6 Å². The first-order chi connectivity index (χ1) is 9.30. The molecule has 0 aromatic rings. The molecule has 20 heavy (non-hydrogen) atoms. The third-order valence-electron chi connectivity index (χ3n) is 3.88. The van der Waals surface area contributed by atoms with Gasteiger partial charge in [0.15, 0.2) is 0 Å². The van der Waals surface area contributed by atoms with E-state index in [1.165, 1.54) is 19.3 Å². The number of likely N-dealkylation sites (tertiary alicyclic amines) is 1. The lowest BCUT2D eigenvalue weighted by atomic mass is 9.85. The topological polar surface area (TPSA) is 69.6 Å². The fraction of sp³-hybridized carbons (Fsp3) is 0.867. The van der Waals surface area contributed by atoms with Gasteiger partial charge in [-0.15, -0.1) is 0 Å². The number of amides is 1. The first-order valence-corrected chi connectivity index (χ1v) is 7.53. The van der Waals surface area contributed by atoms with E-state index < -0.39 is 11.4 Å². The maximum atomic E-state index is 11.9. The lowest BCUT2D eigenvalue weighted by Gasteiger charge is -2.32. The molecule has 1 aliphatic heterocycles. The Balaban J connectivity index is 2.29. The van der Waals surface area contributed by atoms with Gasteiger partial charge in [-0.1, -0.05) is 20.3 Å². The van der Waals surface area contributed by atoms with Gasteiger partial charge in [-0.25, -0.2) is 0 Å². The summed E-state index contributed by atoms with van der Waals surface area (Å²) < 4.78 is 0. The molecule has 1 fully saturated rings. The van der Waals surface area contributed by atoms with Gasteiger partial charge in [-0.05, 0) is 38.3 Å². The predicted octanol–water partition coefficient (Wildman–Crippen LogP) is 1.87. The third-order valence-corrected chi connectivity index (χ3v) is 3.88. The van der Waals surface area contributed by atoms with Gasteiger partial charge in [-0.2, -0.15) is 0 Å². The van der Waals surface area contributed by atoms with Crippen molar-refractivity contribution in [2.45, 2.75) is 58.9 Å². The van der Waals surface area contributed by atoms with Crippen molar-refractivity contribution in [3.8, 4) is 0 Å². The SMILES string of the molecule is CC(CNC(=O)CC(C)(C)CC(=O)O)N1CCCCC1. The van der Waals surface area contributed by atoms with Crippen LogP contribution in [0, 0.1) is 5.41 Å². The normalized spacial score (nSPS) is 18.6. The molecule has 0 radical (unpaired) electrons. The first-order valence-electron chi connectivity index (χ1n) is 7.53. The largest absolute Gasteiger partial charge is 0.481 e. The van der Waals surface area contributed by atoms with Gasteiger partial charge in [0.05, 0.1) is 6.42 Å². The summed E-state index contributed by atoms with van der Waals surface area (Å²) >= 11 is 0. The van der Waals surface area contributed by atoms with E-state index >= 15 is 0 Å². The summed E-state index contributed by atoms with van der Waals surface area (Å²) in [6.45, 7) is 8.63. The minimum Gasteiger partial charge on any atom is -0.481 e. The van der Waals surface area contributed by atoms with Gasteiger partial charge in [0.25, 0.3) is 0 Å². The molecule has 0 aromatic heterocycles. The highest BCUT2D eigenvalue weighted by molar-refractivity contribution is 5.77. The molecule has 2 N–H and O–H groups in total. The zero-order chi connectivity index (χ0) is 15.2. The van der Waals surface area contributed by atoms with Crippen LogP contribution in [0.3, 0.4) is 0 Å². The van der Waals surface area contributed by atoms with E-state index in [9.17, 15) is 9.59 Å². The van der Waals surface area contributed by atoms with Crippen molar-refractivity contribution in [2.24, 2.45) is 5.41 Å². The monoisotopic (exact) mass is 284 g/mol. The summed E-state index contributed by atoms with van der Waals surface area (Å²) in [5, 5.41) is 11.7. The maximum absolute atomic E-state index is 11.9. The van der Waals surface area contributed by atoms with Crippen LogP contribution < -0.4 is 5.32 Å². The molecular weight excluding hydrogens is 256 g/mol. The molecule has 1 heterocycles. The van der Waals surface area contributed by atoms with Crippen LogP contribution in [0.25, 0.3) is 0 Å². The number of hydrogen-bond acceptors (Lipinski definition) is 3. The Morgan fingerprint density at radius 3 is 2.35 bits per heavy atom. The molecule has 0 bridgehead atoms. The van der Waals surface area contributed by atoms with Gasteiger partial charge in [0, 0.05) is 19.0 Å². The molecule has 1 atom stereocenters. The molecular formula is C15H28N2O3. The van der Waals surface area contributed by atoms with Crippen molar-refractivity contribution >= 4 is 11.9 Å². The van der Waals surface area contributed by atoms with E-state index in [1.54, 1.807) is 0 Å². The minimum atomic E-state index is -0.857. The smallest absolute Gasteiger partial charge is 0.303 e. The van der Waals surface area contributed by atoms with Crippen LogP contribution in [0.1, 0.15) is 52.9 Å². The second-order valence-electron chi connectivity index (χ2n) is 6.66. The second kappa shape index (κ2) is 7.62. The first kappa shape index (κ1) is 17.0. The standard InChI is InChI=1S/C15H28N2O3/c1-12(17-7-5-4-6-8-17)11-16-13(18)9-15(2,3)10-14(19)20/h12H,4-11H2,1-3H3,(H,16,18)(H,19,20). The number of hydrogen-bond donors (Lipinski definition) is 2. The van der Waals surface area contributed by atoms with Crippen LogP contribution in [0.5, 0.6) is 0 Å². The van der Waals surface area contributed by atoms with E-state index in [1.807, 2.05) is 13.8 Å². The van der Waals surface area contributed by atoms with Crippen LogP contribution in [0.4, 0.5) is 0 Å². The minimum absolute atomic E-state index is 0.0160. The Bertz CT molecular complexity index is 336. The summed E-state index contributed by atoms with van der Waals surface area (Å²) in [7, 11) is 0. The number of carbonyl (C=O) groups is 2. The Labute approximate surface area is 121 Å². The fourth-order valence-electron chi connectivity index (χ4n) is 2.72.